The second-order valence-electron chi connectivity index (χ2n) is 5.65. The molecule has 22 heavy (non-hydrogen) atoms. The van der Waals surface area contributed by atoms with Gasteiger partial charge in [-0.3, -0.25) is 0 Å². The van der Waals surface area contributed by atoms with Crippen molar-refractivity contribution in [2.24, 2.45) is 0 Å². The molecule has 0 bridgehead atoms. The smallest absolute Gasteiger partial charge is 0.227 e. The normalized spacial score (nSPS) is 10.5. The van der Waals surface area contributed by atoms with Gasteiger partial charge in [-0.15, -0.1) is 0 Å². The average molecular weight is 298 g/mol. The predicted octanol–water partition coefficient (Wildman–Crippen LogP) is 4.33. The Kier molecular flexibility index (Phi) is 5.75. The molecule has 0 amide bonds. The summed E-state index contributed by atoms with van der Waals surface area (Å²) in [5.41, 5.74) is 3.36. The van der Waals surface area contributed by atoms with Gasteiger partial charge in [0.2, 0.25) is 5.95 Å². The van der Waals surface area contributed by atoms with E-state index in [1.807, 2.05) is 20.0 Å². The highest BCUT2D eigenvalue weighted by atomic mass is 15.2. The van der Waals surface area contributed by atoms with Crippen molar-refractivity contribution in [3.05, 3.63) is 41.6 Å². The number of anilines is 3. The predicted molar refractivity (Wildman–Crippen MR) is 94.0 cm³/mol. The number of rotatable bonds is 7. The lowest BCUT2D eigenvalue weighted by atomic mass is 10.1. The van der Waals surface area contributed by atoms with Gasteiger partial charge < -0.3 is 10.2 Å². The number of hydrogen-bond acceptors (Lipinski definition) is 4. The summed E-state index contributed by atoms with van der Waals surface area (Å²) in [6.45, 7) is 7.33. The molecule has 0 fully saturated rings. The minimum absolute atomic E-state index is 0.779. The van der Waals surface area contributed by atoms with Gasteiger partial charge in [-0.05, 0) is 37.5 Å². The van der Waals surface area contributed by atoms with Crippen LogP contribution < -0.4 is 10.2 Å². The van der Waals surface area contributed by atoms with Crippen molar-refractivity contribution < 1.29 is 0 Å². The van der Waals surface area contributed by atoms with Gasteiger partial charge in [0.05, 0.1) is 0 Å². The van der Waals surface area contributed by atoms with Gasteiger partial charge in [0.15, 0.2) is 0 Å². The summed E-state index contributed by atoms with van der Waals surface area (Å²) in [6, 6.07) is 10.5. The Morgan fingerprint density at radius 1 is 1.09 bits per heavy atom. The van der Waals surface area contributed by atoms with E-state index in [4.69, 9.17) is 0 Å². The number of nitrogens with zero attached hydrogens (tertiary/aromatic N) is 3. The van der Waals surface area contributed by atoms with E-state index in [9.17, 15) is 0 Å². The standard InChI is InChI=1S/C18H26N4/c1-5-7-12-22(4)18-19-14(3)13-17(21-18)20-16-10-8-15(6-2)9-11-16/h8-11,13H,5-7,12H2,1-4H3,(H,19,20,21). The van der Waals surface area contributed by atoms with Crippen molar-refractivity contribution in [2.45, 2.75) is 40.0 Å². The number of benzene rings is 1. The van der Waals surface area contributed by atoms with Crippen LogP contribution in [-0.4, -0.2) is 23.6 Å². The largest absolute Gasteiger partial charge is 0.344 e. The van der Waals surface area contributed by atoms with Crippen LogP contribution in [0.1, 0.15) is 37.9 Å². The molecule has 2 aromatic rings. The van der Waals surface area contributed by atoms with Crippen molar-refractivity contribution in [1.82, 2.24) is 9.97 Å². The molecule has 0 atom stereocenters. The molecule has 118 valence electrons. The van der Waals surface area contributed by atoms with Gasteiger partial charge in [0.1, 0.15) is 5.82 Å². The Morgan fingerprint density at radius 3 is 2.45 bits per heavy atom. The summed E-state index contributed by atoms with van der Waals surface area (Å²) >= 11 is 0. The minimum atomic E-state index is 0.779. The summed E-state index contributed by atoms with van der Waals surface area (Å²) < 4.78 is 0. The van der Waals surface area contributed by atoms with Crippen molar-refractivity contribution in [3.8, 4) is 0 Å². The SMILES string of the molecule is CCCCN(C)c1nc(C)cc(Nc2ccc(CC)cc2)n1. The van der Waals surface area contributed by atoms with Crippen LogP contribution in [0.4, 0.5) is 17.5 Å². The Bertz CT molecular complexity index is 593. The molecule has 1 aromatic heterocycles. The lowest BCUT2D eigenvalue weighted by Gasteiger charge is -2.18. The molecule has 1 aromatic carbocycles. The molecule has 0 saturated carbocycles. The molecule has 1 N–H and O–H groups in total. The first-order valence-electron chi connectivity index (χ1n) is 8.05. The molecule has 0 unspecified atom stereocenters. The third kappa shape index (κ3) is 4.45. The van der Waals surface area contributed by atoms with E-state index in [1.165, 1.54) is 12.0 Å². The fourth-order valence-corrected chi connectivity index (χ4v) is 2.25. The second kappa shape index (κ2) is 7.78. The van der Waals surface area contributed by atoms with Crippen molar-refractivity contribution in [2.75, 3.05) is 23.8 Å². The minimum Gasteiger partial charge on any atom is -0.344 e. The first-order valence-corrected chi connectivity index (χ1v) is 8.05. The van der Waals surface area contributed by atoms with Crippen LogP contribution in [0.15, 0.2) is 30.3 Å². The van der Waals surface area contributed by atoms with E-state index < -0.39 is 0 Å². The molecule has 0 spiro atoms. The van der Waals surface area contributed by atoms with Gasteiger partial charge in [-0.1, -0.05) is 32.4 Å². The van der Waals surface area contributed by atoms with E-state index in [0.29, 0.717) is 0 Å². The first kappa shape index (κ1) is 16.3. The fourth-order valence-electron chi connectivity index (χ4n) is 2.25. The number of aromatic nitrogens is 2. The lowest BCUT2D eigenvalue weighted by molar-refractivity contribution is 0.749. The zero-order valence-electron chi connectivity index (χ0n) is 14.1. The molecule has 0 saturated heterocycles. The molecule has 2 rings (SSSR count). The third-order valence-electron chi connectivity index (χ3n) is 3.67. The highest BCUT2D eigenvalue weighted by Crippen LogP contribution is 2.19. The maximum Gasteiger partial charge on any atom is 0.227 e. The van der Waals surface area contributed by atoms with Gasteiger partial charge in [-0.25, -0.2) is 4.98 Å². The molecule has 0 aliphatic carbocycles. The molecule has 1 heterocycles. The van der Waals surface area contributed by atoms with Crippen LogP contribution in [-0.2, 0) is 6.42 Å². The van der Waals surface area contributed by atoms with Crippen LogP contribution in [0.3, 0.4) is 0 Å². The molecule has 0 aliphatic rings. The topological polar surface area (TPSA) is 41.1 Å². The van der Waals surface area contributed by atoms with Gasteiger partial charge >= 0.3 is 0 Å². The molecular formula is C18H26N4. The van der Waals surface area contributed by atoms with E-state index in [-0.39, 0.29) is 0 Å². The Morgan fingerprint density at radius 2 is 1.82 bits per heavy atom. The van der Waals surface area contributed by atoms with Gasteiger partial charge in [0, 0.05) is 31.0 Å². The lowest BCUT2D eigenvalue weighted by Crippen LogP contribution is -2.21. The van der Waals surface area contributed by atoms with Crippen LogP contribution in [0.2, 0.25) is 0 Å². The highest BCUT2D eigenvalue weighted by Gasteiger charge is 2.07. The summed E-state index contributed by atoms with van der Waals surface area (Å²) in [7, 11) is 2.05. The molecular weight excluding hydrogens is 272 g/mol. The zero-order chi connectivity index (χ0) is 15.9. The van der Waals surface area contributed by atoms with Crippen LogP contribution in [0.25, 0.3) is 0 Å². The molecule has 0 radical (unpaired) electrons. The third-order valence-corrected chi connectivity index (χ3v) is 3.67. The summed E-state index contributed by atoms with van der Waals surface area (Å²) in [5.74, 6) is 1.62. The molecule has 4 heteroatoms. The van der Waals surface area contributed by atoms with Crippen LogP contribution in [0.5, 0.6) is 0 Å². The Hall–Kier alpha value is -2.10. The second-order valence-corrected chi connectivity index (χ2v) is 5.65. The van der Waals surface area contributed by atoms with Gasteiger partial charge in [-0.2, -0.15) is 4.98 Å². The molecule has 0 aliphatic heterocycles. The van der Waals surface area contributed by atoms with Crippen molar-refractivity contribution in [3.63, 3.8) is 0 Å². The van der Waals surface area contributed by atoms with Crippen molar-refractivity contribution >= 4 is 17.5 Å². The number of hydrogen-bond donors (Lipinski definition) is 1. The number of aryl methyl sites for hydroxylation is 2. The Balaban J connectivity index is 2.14. The average Bonchev–Trinajstić information content (AvgIpc) is 2.52. The zero-order valence-corrected chi connectivity index (χ0v) is 14.1. The highest BCUT2D eigenvalue weighted by molar-refractivity contribution is 5.58. The summed E-state index contributed by atoms with van der Waals surface area (Å²) in [6.07, 6.45) is 3.37. The number of unbranched alkanes of at least 4 members (excludes halogenated alkanes) is 1. The van der Waals surface area contributed by atoms with E-state index in [2.05, 4.69) is 58.3 Å². The van der Waals surface area contributed by atoms with E-state index >= 15 is 0 Å². The van der Waals surface area contributed by atoms with Crippen LogP contribution in [0, 0.1) is 6.92 Å². The first-order chi connectivity index (χ1) is 10.6. The maximum absolute atomic E-state index is 4.63. The monoisotopic (exact) mass is 298 g/mol. The van der Waals surface area contributed by atoms with Crippen molar-refractivity contribution in [1.29, 1.82) is 0 Å². The quantitative estimate of drug-likeness (QED) is 0.826. The van der Waals surface area contributed by atoms with E-state index in [0.717, 1.165) is 42.5 Å². The molecule has 4 nitrogen and oxygen atoms in total. The summed E-state index contributed by atoms with van der Waals surface area (Å²) in [5, 5.41) is 3.37. The maximum atomic E-state index is 4.63. The van der Waals surface area contributed by atoms with Crippen LogP contribution >= 0.6 is 0 Å². The Labute approximate surface area is 133 Å². The van der Waals surface area contributed by atoms with Gasteiger partial charge in [0.25, 0.3) is 0 Å². The fraction of sp³-hybridized carbons (Fsp3) is 0.444. The summed E-state index contributed by atoms with van der Waals surface area (Å²) in [4.78, 5) is 11.3. The number of nitrogens with one attached hydrogen (secondary N) is 1. The van der Waals surface area contributed by atoms with E-state index in [1.54, 1.807) is 0 Å².